The van der Waals surface area contributed by atoms with Gasteiger partial charge in [0.1, 0.15) is 5.82 Å². The number of rotatable bonds is 2. The molecule has 0 atom stereocenters. The molecule has 1 aromatic heterocycles. The first-order valence-electron chi connectivity index (χ1n) is 6.43. The number of nitrogens with two attached hydrogens (primary N) is 1. The van der Waals surface area contributed by atoms with Crippen molar-refractivity contribution in [1.82, 2.24) is 9.78 Å². The molecule has 0 aliphatic heterocycles. The summed E-state index contributed by atoms with van der Waals surface area (Å²) in [5, 5.41) is 5.28. The Bertz CT molecular complexity index is 811. The molecule has 106 valence electrons. The van der Waals surface area contributed by atoms with Crippen molar-refractivity contribution in [3.8, 4) is 16.9 Å². The van der Waals surface area contributed by atoms with Crippen LogP contribution in [-0.4, -0.2) is 9.78 Å². The quantitative estimate of drug-likeness (QED) is 0.708. The highest BCUT2D eigenvalue weighted by Gasteiger charge is 2.11. The summed E-state index contributed by atoms with van der Waals surface area (Å²) in [7, 11) is 0. The van der Waals surface area contributed by atoms with Gasteiger partial charge in [-0.05, 0) is 30.7 Å². The van der Waals surface area contributed by atoms with Gasteiger partial charge in [-0.25, -0.2) is 4.68 Å². The molecule has 3 nitrogen and oxygen atoms in total. The zero-order valence-corrected chi connectivity index (χ0v) is 13.7. The lowest BCUT2D eigenvalue weighted by atomic mass is 10.1. The molecule has 0 saturated heterocycles. The summed E-state index contributed by atoms with van der Waals surface area (Å²) in [6, 6.07) is 15.5. The van der Waals surface area contributed by atoms with E-state index in [1.165, 1.54) is 0 Å². The van der Waals surface area contributed by atoms with E-state index in [4.69, 9.17) is 17.3 Å². The number of benzene rings is 2. The van der Waals surface area contributed by atoms with E-state index in [2.05, 4.69) is 21.0 Å². The highest BCUT2D eigenvalue weighted by atomic mass is 79.9. The minimum absolute atomic E-state index is 0.570. The van der Waals surface area contributed by atoms with Crippen LogP contribution < -0.4 is 5.73 Å². The van der Waals surface area contributed by atoms with Crippen LogP contribution in [0.3, 0.4) is 0 Å². The van der Waals surface area contributed by atoms with Gasteiger partial charge in [0.25, 0.3) is 0 Å². The van der Waals surface area contributed by atoms with Crippen molar-refractivity contribution in [1.29, 1.82) is 0 Å². The number of hydrogen-bond donors (Lipinski definition) is 1. The van der Waals surface area contributed by atoms with Crippen LogP contribution in [0.2, 0.25) is 5.02 Å². The van der Waals surface area contributed by atoms with Gasteiger partial charge >= 0.3 is 0 Å². The third kappa shape index (κ3) is 2.69. The summed E-state index contributed by atoms with van der Waals surface area (Å²) in [5.74, 6) is 0.570. The molecular formula is C16H13BrClN3. The van der Waals surface area contributed by atoms with E-state index in [0.29, 0.717) is 10.8 Å². The topological polar surface area (TPSA) is 43.8 Å². The van der Waals surface area contributed by atoms with Crippen molar-refractivity contribution in [2.75, 3.05) is 5.73 Å². The Morgan fingerprint density at radius 3 is 2.62 bits per heavy atom. The predicted octanol–water partition coefficient (Wildman–Crippen LogP) is 4.85. The Labute approximate surface area is 136 Å². The lowest BCUT2D eigenvalue weighted by Gasteiger charge is -2.06. The van der Waals surface area contributed by atoms with Gasteiger partial charge in [-0.15, -0.1) is 0 Å². The molecule has 3 rings (SSSR count). The fraction of sp³-hybridized carbons (Fsp3) is 0.0625. The van der Waals surface area contributed by atoms with Crippen LogP contribution in [0.15, 0.2) is 53.0 Å². The maximum atomic E-state index is 6.18. The summed E-state index contributed by atoms with van der Waals surface area (Å²) < 4.78 is 2.68. The van der Waals surface area contributed by atoms with Crippen LogP contribution in [-0.2, 0) is 0 Å². The number of anilines is 1. The maximum Gasteiger partial charge on any atom is 0.127 e. The van der Waals surface area contributed by atoms with Crippen LogP contribution in [0, 0.1) is 6.92 Å². The second-order valence-electron chi connectivity index (χ2n) is 4.78. The van der Waals surface area contributed by atoms with Crippen molar-refractivity contribution in [3.63, 3.8) is 0 Å². The van der Waals surface area contributed by atoms with E-state index in [9.17, 15) is 0 Å². The van der Waals surface area contributed by atoms with Gasteiger partial charge in [-0.3, -0.25) is 0 Å². The predicted molar refractivity (Wildman–Crippen MR) is 90.9 cm³/mol. The highest BCUT2D eigenvalue weighted by Crippen LogP contribution is 2.29. The average Bonchev–Trinajstić information content (AvgIpc) is 2.84. The average molecular weight is 363 g/mol. The Morgan fingerprint density at radius 1 is 1.14 bits per heavy atom. The normalized spacial score (nSPS) is 10.8. The van der Waals surface area contributed by atoms with Crippen LogP contribution in [0.4, 0.5) is 5.82 Å². The number of aryl methyl sites for hydroxylation is 1. The number of halogens is 2. The molecule has 5 heteroatoms. The Kier molecular flexibility index (Phi) is 3.74. The molecule has 0 unspecified atom stereocenters. The fourth-order valence-electron chi connectivity index (χ4n) is 2.12. The molecule has 1 heterocycles. The Hall–Kier alpha value is -1.78. The maximum absolute atomic E-state index is 6.18. The lowest BCUT2D eigenvalue weighted by molar-refractivity contribution is 0.894. The highest BCUT2D eigenvalue weighted by molar-refractivity contribution is 9.10. The van der Waals surface area contributed by atoms with E-state index in [1.54, 1.807) is 4.68 Å². The van der Waals surface area contributed by atoms with Gasteiger partial charge in [-0.1, -0.05) is 51.8 Å². The van der Waals surface area contributed by atoms with Crippen LogP contribution in [0.5, 0.6) is 0 Å². The van der Waals surface area contributed by atoms with Gasteiger partial charge in [0.15, 0.2) is 0 Å². The van der Waals surface area contributed by atoms with Crippen molar-refractivity contribution < 1.29 is 0 Å². The minimum atomic E-state index is 0.570. The molecule has 0 radical (unpaired) electrons. The van der Waals surface area contributed by atoms with E-state index in [1.807, 2.05) is 55.5 Å². The summed E-state index contributed by atoms with van der Waals surface area (Å²) >= 11 is 9.71. The summed E-state index contributed by atoms with van der Waals surface area (Å²) in [6.45, 7) is 1.96. The summed E-state index contributed by atoms with van der Waals surface area (Å²) in [4.78, 5) is 0. The first kappa shape index (κ1) is 14.2. The van der Waals surface area contributed by atoms with Crippen molar-refractivity contribution in [3.05, 3.63) is 63.6 Å². The van der Waals surface area contributed by atoms with Crippen molar-refractivity contribution in [2.45, 2.75) is 6.92 Å². The summed E-state index contributed by atoms with van der Waals surface area (Å²) in [6.07, 6.45) is 0. The number of nitrogens with zero attached hydrogens (tertiary/aromatic N) is 2. The Balaban J connectivity index is 2.10. The van der Waals surface area contributed by atoms with E-state index in [0.717, 1.165) is 27.0 Å². The number of nitrogen functional groups attached to an aromatic ring is 1. The lowest BCUT2D eigenvalue weighted by Crippen LogP contribution is -2.01. The third-order valence-electron chi connectivity index (χ3n) is 3.29. The van der Waals surface area contributed by atoms with Gasteiger partial charge in [0.05, 0.1) is 11.4 Å². The zero-order valence-electron chi connectivity index (χ0n) is 11.3. The minimum Gasteiger partial charge on any atom is -0.384 e. The molecule has 3 aromatic rings. The Morgan fingerprint density at radius 2 is 1.90 bits per heavy atom. The van der Waals surface area contributed by atoms with Gasteiger partial charge < -0.3 is 5.73 Å². The van der Waals surface area contributed by atoms with E-state index in [-0.39, 0.29) is 0 Å². The number of hydrogen-bond acceptors (Lipinski definition) is 2. The smallest absolute Gasteiger partial charge is 0.127 e. The fourth-order valence-corrected chi connectivity index (χ4v) is 2.78. The van der Waals surface area contributed by atoms with Crippen molar-refractivity contribution in [2.24, 2.45) is 0 Å². The van der Waals surface area contributed by atoms with Gasteiger partial charge in [0, 0.05) is 21.1 Å². The van der Waals surface area contributed by atoms with Crippen LogP contribution in [0.25, 0.3) is 16.9 Å². The van der Waals surface area contributed by atoms with Gasteiger partial charge in [-0.2, -0.15) is 5.10 Å². The molecular weight excluding hydrogens is 350 g/mol. The van der Waals surface area contributed by atoms with E-state index < -0.39 is 0 Å². The first-order valence-corrected chi connectivity index (χ1v) is 7.60. The molecule has 0 bridgehead atoms. The molecule has 0 spiro atoms. The molecule has 0 fully saturated rings. The van der Waals surface area contributed by atoms with Gasteiger partial charge in [0.2, 0.25) is 0 Å². The van der Waals surface area contributed by atoms with Crippen LogP contribution >= 0.6 is 27.5 Å². The zero-order chi connectivity index (χ0) is 15.0. The molecule has 0 aliphatic rings. The summed E-state index contributed by atoms with van der Waals surface area (Å²) in [5.41, 5.74) is 9.78. The number of aromatic nitrogens is 2. The largest absolute Gasteiger partial charge is 0.384 e. The van der Waals surface area contributed by atoms with Crippen LogP contribution in [0.1, 0.15) is 5.56 Å². The second kappa shape index (κ2) is 5.54. The molecule has 2 aromatic carbocycles. The second-order valence-corrected chi connectivity index (χ2v) is 6.04. The molecule has 2 N–H and O–H groups in total. The molecule has 0 aliphatic carbocycles. The van der Waals surface area contributed by atoms with Crippen molar-refractivity contribution >= 4 is 33.3 Å². The standard InChI is InChI=1S/C16H13BrClN3/c1-10-6-7-11(8-14(10)18)21-16(19)9-15(20-21)12-4-2-3-5-13(12)17/h2-9H,19H2,1H3. The SMILES string of the molecule is Cc1ccc(-n2nc(-c3ccccc3Br)cc2N)cc1Cl. The first-order chi connectivity index (χ1) is 10.1. The molecule has 21 heavy (non-hydrogen) atoms. The third-order valence-corrected chi connectivity index (χ3v) is 4.39. The molecule has 0 saturated carbocycles. The molecule has 0 amide bonds. The van der Waals surface area contributed by atoms with E-state index >= 15 is 0 Å². The monoisotopic (exact) mass is 361 g/mol.